The summed E-state index contributed by atoms with van der Waals surface area (Å²) in [6.07, 6.45) is 2.36. The lowest BCUT2D eigenvalue weighted by Crippen LogP contribution is -2.20. The molecule has 1 aromatic rings. The molecule has 0 aromatic carbocycles. The van der Waals surface area contributed by atoms with Crippen molar-refractivity contribution in [1.82, 2.24) is 9.78 Å². The summed E-state index contributed by atoms with van der Waals surface area (Å²) < 4.78 is 1.60. The molecule has 0 saturated carbocycles. The zero-order valence-electron chi connectivity index (χ0n) is 12.3. The Bertz CT molecular complexity index is 481. The van der Waals surface area contributed by atoms with Crippen LogP contribution in [0.1, 0.15) is 38.3 Å². The lowest BCUT2D eigenvalue weighted by molar-refractivity contribution is -0.384. The maximum Gasteiger partial charge on any atom is 0.334 e. The molecular weight excluding hydrogens is 276 g/mol. The second-order valence-corrected chi connectivity index (χ2v) is 6.78. The quantitative estimate of drug-likeness (QED) is 0.668. The highest BCUT2D eigenvalue weighted by Crippen LogP contribution is 2.33. The van der Waals surface area contributed by atoms with E-state index in [4.69, 9.17) is 0 Å². The molecule has 0 radical (unpaired) electrons. The Kier molecular flexibility index (Phi) is 4.91. The summed E-state index contributed by atoms with van der Waals surface area (Å²) >= 11 is 1.99. The molecule has 2 rings (SSSR count). The van der Waals surface area contributed by atoms with Crippen LogP contribution in [0.4, 0.5) is 11.5 Å². The van der Waals surface area contributed by atoms with Gasteiger partial charge in [-0.25, -0.2) is 4.68 Å². The van der Waals surface area contributed by atoms with Gasteiger partial charge in [0.15, 0.2) is 0 Å². The first-order valence-corrected chi connectivity index (χ1v) is 8.19. The van der Waals surface area contributed by atoms with Gasteiger partial charge in [-0.15, -0.1) is 0 Å². The number of rotatable bonds is 5. The summed E-state index contributed by atoms with van der Waals surface area (Å²) in [7, 11) is 1.76. The number of hydrogen-bond acceptors (Lipinski definition) is 5. The van der Waals surface area contributed by atoms with Crippen LogP contribution in [-0.2, 0) is 7.05 Å². The zero-order valence-corrected chi connectivity index (χ0v) is 13.1. The van der Waals surface area contributed by atoms with E-state index in [0.717, 1.165) is 6.54 Å². The van der Waals surface area contributed by atoms with Crippen molar-refractivity contribution >= 4 is 23.3 Å². The molecule has 0 bridgehead atoms. The van der Waals surface area contributed by atoms with Gasteiger partial charge in [0, 0.05) is 19.5 Å². The number of anilines is 1. The third-order valence-corrected chi connectivity index (χ3v) is 4.73. The van der Waals surface area contributed by atoms with Gasteiger partial charge in [-0.3, -0.25) is 10.1 Å². The lowest BCUT2D eigenvalue weighted by Gasteiger charge is -2.21. The SMILES string of the molecule is CC(C)c1nn(C)c(NCC2CCSCC2)c1[N+](=O)[O-]. The molecule has 1 N–H and O–H groups in total. The fourth-order valence-corrected chi connectivity index (χ4v) is 3.70. The van der Waals surface area contributed by atoms with E-state index >= 15 is 0 Å². The summed E-state index contributed by atoms with van der Waals surface area (Å²) in [6, 6.07) is 0. The Morgan fingerprint density at radius 1 is 1.50 bits per heavy atom. The summed E-state index contributed by atoms with van der Waals surface area (Å²) in [4.78, 5) is 11.0. The van der Waals surface area contributed by atoms with Crippen LogP contribution in [0, 0.1) is 16.0 Å². The van der Waals surface area contributed by atoms with E-state index in [-0.39, 0.29) is 16.5 Å². The van der Waals surface area contributed by atoms with Crippen molar-refractivity contribution in [3.8, 4) is 0 Å². The molecule has 1 aliphatic heterocycles. The van der Waals surface area contributed by atoms with E-state index in [1.807, 2.05) is 25.6 Å². The van der Waals surface area contributed by atoms with Gasteiger partial charge >= 0.3 is 5.69 Å². The number of hydrogen-bond donors (Lipinski definition) is 1. The van der Waals surface area contributed by atoms with Crippen LogP contribution < -0.4 is 5.32 Å². The van der Waals surface area contributed by atoms with Crippen LogP contribution >= 0.6 is 11.8 Å². The van der Waals surface area contributed by atoms with Crippen LogP contribution in [0.5, 0.6) is 0 Å². The summed E-state index contributed by atoms with van der Waals surface area (Å²) in [5, 5.41) is 18.9. The van der Waals surface area contributed by atoms with E-state index < -0.39 is 0 Å². The molecule has 0 aliphatic carbocycles. The van der Waals surface area contributed by atoms with Crippen molar-refractivity contribution in [3.05, 3.63) is 15.8 Å². The van der Waals surface area contributed by atoms with Gasteiger partial charge in [0.05, 0.1) is 4.92 Å². The van der Waals surface area contributed by atoms with Crippen molar-refractivity contribution in [2.75, 3.05) is 23.4 Å². The molecule has 1 fully saturated rings. The first-order valence-electron chi connectivity index (χ1n) is 7.03. The van der Waals surface area contributed by atoms with Gasteiger partial charge < -0.3 is 5.32 Å². The topological polar surface area (TPSA) is 73.0 Å². The molecule has 0 amide bonds. The number of nitro groups is 1. The van der Waals surface area contributed by atoms with E-state index in [2.05, 4.69) is 10.4 Å². The summed E-state index contributed by atoms with van der Waals surface area (Å²) in [5.41, 5.74) is 0.687. The number of nitrogens with one attached hydrogen (secondary N) is 1. The van der Waals surface area contributed by atoms with E-state index in [0.29, 0.717) is 17.4 Å². The largest absolute Gasteiger partial charge is 0.364 e. The van der Waals surface area contributed by atoms with E-state index in [9.17, 15) is 10.1 Å². The van der Waals surface area contributed by atoms with Crippen LogP contribution in [0.2, 0.25) is 0 Å². The Morgan fingerprint density at radius 2 is 2.15 bits per heavy atom. The summed E-state index contributed by atoms with van der Waals surface area (Å²) in [6.45, 7) is 4.65. The Balaban J connectivity index is 2.15. The maximum atomic E-state index is 11.3. The van der Waals surface area contributed by atoms with Crippen LogP contribution in [-0.4, -0.2) is 32.8 Å². The molecule has 112 valence electrons. The van der Waals surface area contributed by atoms with E-state index in [1.54, 1.807) is 11.7 Å². The second kappa shape index (κ2) is 6.47. The maximum absolute atomic E-state index is 11.3. The molecule has 1 aromatic heterocycles. The Morgan fingerprint density at radius 3 is 2.70 bits per heavy atom. The van der Waals surface area contributed by atoms with Crippen molar-refractivity contribution in [2.24, 2.45) is 13.0 Å². The number of thioether (sulfide) groups is 1. The van der Waals surface area contributed by atoms with Gasteiger partial charge in [0.25, 0.3) is 0 Å². The van der Waals surface area contributed by atoms with Crippen molar-refractivity contribution in [1.29, 1.82) is 0 Å². The standard InChI is InChI=1S/C13H22N4O2S/c1-9(2)11-12(17(18)19)13(16(3)15-11)14-8-10-4-6-20-7-5-10/h9-10,14H,4-8H2,1-3H3. The number of aryl methyl sites for hydroxylation is 1. The summed E-state index contributed by atoms with van der Waals surface area (Å²) in [5.74, 6) is 3.57. The highest BCUT2D eigenvalue weighted by Gasteiger charge is 2.28. The van der Waals surface area contributed by atoms with Gasteiger partial charge in [-0.2, -0.15) is 16.9 Å². The first kappa shape index (κ1) is 15.2. The van der Waals surface area contributed by atoms with Gasteiger partial charge in [0.1, 0.15) is 5.69 Å². The average molecular weight is 298 g/mol. The van der Waals surface area contributed by atoms with E-state index in [1.165, 1.54) is 24.3 Å². The molecular formula is C13H22N4O2S. The molecule has 1 saturated heterocycles. The fourth-order valence-electron chi connectivity index (χ4n) is 2.49. The van der Waals surface area contributed by atoms with Crippen LogP contribution in [0.15, 0.2) is 0 Å². The first-order chi connectivity index (χ1) is 9.50. The predicted octanol–water partition coefficient (Wildman–Crippen LogP) is 3.01. The lowest BCUT2D eigenvalue weighted by atomic mass is 10.0. The highest BCUT2D eigenvalue weighted by molar-refractivity contribution is 7.99. The van der Waals surface area contributed by atoms with Crippen molar-refractivity contribution < 1.29 is 4.92 Å². The fraction of sp³-hybridized carbons (Fsp3) is 0.769. The third-order valence-electron chi connectivity index (χ3n) is 3.68. The number of aromatic nitrogens is 2. The minimum Gasteiger partial charge on any atom is -0.364 e. The van der Waals surface area contributed by atoms with Gasteiger partial charge in [0.2, 0.25) is 5.82 Å². The molecule has 7 heteroatoms. The Labute approximate surface area is 123 Å². The number of nitrogens with zero attached hydrogens (tertiary/aromatic N) is 3. The normalized spacial score (nSPS) is 16.6. The van der Waals surface area contributed by atoms with Crippen LogP contribution in [0.25, 0.3) is 0 Å². The van der Waals surface area contributed by atoms with Crippen molar-refractivity contribution in [2.45, 2.75) is 32.6 Å². The van der Waals surface area contributed by atoms with Gasteiger partial charge in [-0.05, 0) is 30.3 Å². The molecule has 0 spiro atoms. The van der Waals surface area contributed by atoms with Crippen LogP contribution in [0.3, 0.4) is 0 Å². The monoisotopic (exact) mass is 298 g/mol. The zero-order chi connectivity index (χ0) is 14.7. The molecule has 1 aliphatic rings. The van der Waals surface area contributed by atoms with Crippen molar-refractivity contribution in [3.63, 3.8) is 0 Å². The smallest absolute Gasteiger partial charge is 0.334 e. The Hall–Kier alpha value is -1.24. The van der Waals surface area contributed by atoms with Gasteiger partial charge in [-0.1, -0.05) is 13.8 Å². The average Bonchev–Trinajstić information content (AvgIpc) is 2.75. The minimum absolute atomic E-state index is 0.0447. The molecule has 0 atom stereocenters. The molecule has 2 heterocycles. The molecule has 0 unspecified atom stereocenters. The second-order valence-electron chi connectivity index (χ2n) is 5.55. The predicted molar refractivity (Wildman–Crippen MR) is 82.5 cm³/mol. The highest BCUT2D eigenvalue weighted by atomic mass is 32.2. The third kappa shape index (κ3) is 3.26. The molecule has 20 heavy (non-hydrogen) atoms. The minimum atomic E-state index is -0.318. The molecule has 6 nitrogen and oxygen atoms in total.